The van der Waals surface area contributed by atoms with Crippen LogP contribution in [0.15, 0.2) is 30.3 Å². The highest BCUT2D eigenvalue weighted by Crippen LogP contribution is 2.25. The Hall–Kier alpha value is -0.380. The van der Waals surface area contributed by atoms with E-state index in [0.717, 1.165) is 11.4 Å². The van der Waals surface area contributed by atoms with Crippen molar-refractivity contribution in [3.63, 3.8) is 0 Å². The summed E-state index contributed by atoms with van der Waals surface area (Å²) in [5, 5.41) is 1.04. The van der Waals surface area contributed by atoms with Crippen molar-refractivity contribution in [3.8, 4) is 0 Å². The molecule has 0 saturated carbocycles. The monoisotopic (exact) mass is 324 g/mol. The van der Waals surface area contributed by atoms with Gasteiger partial charge < -0.3 is 4.90 Å². The summed E-state index contributed by atoms with van der Waals surface area (Å²) in [6.07, 6.45) is 2.70. The Labute approximate surface area is 125 Å². The summed E-state index contributed by atoms with van der Waals surface area (Å²) in [5.74, 6) is 0.601. The van der Waals surface area contributed by atoms with E-state index in [1.165, 1.54) is 38.0 Å². The third kappa shape index (κ3) is 4.30. The van der Waals surface area contributed by atoms with Gasteiger partial charge in [-0.05, 0) is 39.0 Å². The largest absolute Gasteiger partial charge is 0.308 e. The predicted molar refractivity (Wildman–Crippen MR) is 86.1 cm³/mol. The fourth-order valence-electron chi connectivity index (χ4n) is 3.02. The molecular formula is C16H25BrN2. The van der Waals surface area contributed by atoms with Crippen molar-refractivity contribution in [2.45, 2.75) is 24.8 Å². The van der Waals surface area contributed by atoms with Gasteiger partial charge in [0.25, 0.3) is 0 Å². The van der Waals surface area contributed by atoms with E-state index >= 15 is 0 Å². The second kappa shape index (κ2) is 7.41. The normalized spacial score (nSPS) is 22.0. The molecule has 1 aliphatic heterocycles. The van der Waals surface area contributed by atoms with Crippen molar-refractivity contribution >= 4 is 15.9 Å². The average Bonchev–Trinajstić information content (AvgIpc) is 2.83. The zero-order valence-corrected chi connectivity index (χ0v) is 13.6. The number of halogens is 1. The Morgan fingerprint density at radius 2 is 2.05 bits per heavy atom. The second-order valence-electron chi connectivity index (χ2n) is 5.82. The number of rotatable bonds is 6. The van der Waals surface area contributed by atoms with Gasteiger partial charge in [-0.1, -0.05) is 46.3 Å². The molecule has 1 heterocycles. The maximum Gasteiger partial charge on any atom is 0.0223 e. The van der Waals surface area contributed by atoms with E-state index in [1.807, 2.05) is 0 Å². The average molecular weight is 325 g/mol. The molecular weight excluding hydrogens is 300 g/mol. The molecule has 0 amide bonds. The molecule has 2 rings (SSSR count). The van der Waals surface area contributed by atoms with Crippen molar-refractivity contribution in [1.29, 1.82) is 0 Å². The van der Waals surface area contributed by atoms with Gasteiger partial charge >= 0.3 is 0 Å². The quantitative estimate of drug-likeness (QED) is 0.741. The van der Waals surface area contributed by atoms with Gasteiger partial charge in [0.15, 0.2) is 0 Å². The standard InChI is InChI=1S/C16H25BrN2/c1-18(2)13-16-9-6-10-19(16)12-15(11-17)14-7-4-3-5-8-14/h3-5,7-8,15-16H,6,9-13H2,1-2H3. The van der Waals surface area contributed by atoms with Crippen LogP contribution < -0.4 is 0 Å². The predicted octanol–water partition coefficient (Wildman–Crippen LogP) is 3.19. The van der Waals surface area contributed by atoms with E-state index in [-0.39, 0.29) is 0 Å². The van der Waals surface area contributed by atoms with Crippen LogP contribution in [0.5, 0.6) is 0 Å². The Bertz CT molecular complexity index is 366. The zero-order valence-electron chi connectivity index (χ0n) is 12.1. The van der Waals surface area contributed by atoms with Gasteiger partial charge in [0.05, 0.1) is 0 Å². The molecule has 0 bridgehead atoms. The lowest BCUT2D eigenvalue weighted by Gasteiger charge is -2.30. The minimum Gasteiger partial charge on any atom is -0.308 e. The summed E-state index contributed by atoms with van der Waals surface area (Å²) >= 11 is 3.69. The second-order valence-corrected chi connectivity index (χ2v) is 6.46. The van der Waals surface area contributed by atoms with Crippen LogP contribution in [-0.4, -0.2) is 54.9 Å². The summed E-state index contributed by atoms with van der Waals surface area (Å²) in [5.41, 5.74) is 1.45. The molecule has 0 N–H and O–H groups in total. The van der Waals surface area contributed by atoms with E-state index in [1.54, 1.807) is 0 Å². The Kier molecular flexibility index (Phi) is 5.86. The molecule has 2 atom stereocenters. The van der Waals surface area contributed by atoms with Gasteiger partial charge in [-0.25, -0.2) is 0 Å². The number of nitrogens with zero attached hydrogens (tertiary/aromatic N) is 2. The first-order valence-electron chi connectivity index (χ1n) is 7.20. The van der Waals surface area contributed by atoms with Crippen LogP contribution in [-0.2, 0) is 0 Å². The molecule has 0 radical (unpaired) electrons. The Morgan fingerprint density at radius 3 is 2.68 bits per heavy atom. The molecule has 1 aliphatic rings. The molecule has 2 unspecified atom stereocenters. The van der Waals surface area contributed by atoms with Crippen molar-refractivity contribution < 1.29 is 0 Å². The summed E-state index contributed by atoms with van der Waals surface area (Å²) < 4.78 is 0. The topological polar surface area (TPSA) is 6.48 Å². The molecule has 0 spiro atoms. The van der Waals surface area contributed by atoms with Crippen molar-refractivity contribution in [3.05, 3.63) is 35.9 Å². The minimum absolute atomic E-state index is 0.601. The van der Waals surface area contributed by atoms with Gasteiger partial charge in [-0.3, -0.25) is 4.90 Å². The molecule has 1 aromatic rings. The van der Waals surface area contributed by atoms with Crippen molar-refractivity contribution in [1.82, 2.24) is 9.80 Å². The highest BCUT2D eigenvalue weighted by Gasteiger charge is 2.27. The molecule has 19 heavy (non-hydrogen) atoms. The van der Waals surface area contributed by atoms with E-state index in [0.29, 0.717) is 5.92 Å². The SMILES string of the molecule is CN(C)CC1CCCN1CC(CBr)c1ccccc1. The molecule has 106 valence electrons. The first-order chi connectivity index (χ1) is 9.20. The lowest BCUT2D eigenvalue weighted by molar-refractivity contribution is 0.201. The molecule has 3 heteroatoms. The van der Waals surface area contributed by atoms with Crippen LogP contribution in [0, 0.1) is 0 Å². The summed E-state index contributed by atoms with van der Waals surface area (Å²) in [6, 6.07) is 11.6. The number of likely N-dealkylation sites (N-methyl/N-ethyl adjacent to an activating group) is 1. The number of likely N-dealkylation sites (tertiary alicyclic amines) is 1. The number of alkyl halides is 1. The Morgan fingerprint density at radius 1 is 1.32 bits per heavy atom. The van der Waals surface area contributed by atoms with Crippen LogP contribution in [0.4, 0.5) is 0 Å². The lowest BCUT2D eigenvalue weighted by atomic mass is 10.0. The molecule has 1 aromatic carbocycles. The molecule has 0 aliphatic carbocycles. The van der Waals surface area contributed by atoms with Crippen LogP contribution >= 0.6 is 15.9 Å². The maximum absolute atomic E-state index is 3.69. The molecule has 0 aromatic heterocycles. The first-order valence-corrected chi connectivity index (χ1v) is 8.32. The Balaban J connectivity index is 1.98. The minimum atomic E-state index is 0.601. The smallest absolute Gasteiger partial charge is 0.0223 e. The fraction of sp³-hybridized carbons (Fsp3) is 0.625. The third-order valence-electron chi connectivity index (χ3n) is 3.99. The van der Waals surface area contributed by atoms with Crippen LogP contribution in [0.3, 0.4) is 0 Å². The lowest BCUT2D eigenvalue weighted by Crippen LogP contribution is -2.39. The zero-order chi connectivity index (χ0) is 13.7. The van der Waals surface area contributed by atoms with Gasteiger partial charge in [-0.2, -0.15) is 0 Å². The van der Waals surface area contributed by atoms with Gasteiger partial charge in [0, 0.05) is 30.4 Å². The number of benzene rings is 1. The van der Waals surface area contributed by atoms with Crippen molar-refractivity contribution in [2.24, 2.45) is 0 Å². The van der Waals surface area contributed by atoms with Crippen molar-refractivity contribution in [2.75, 3.05) is 39.1 Å². The van der Waals surface area contributed by atoms with E-state index in [4.69, 9.17) is 0 Å². The van der Waals surface area contributed by atoms with E-state index in [9.17, 15) is 0 Å². The fourth-order valence-corrected chi connectivity index (χ4v) is 3.59. The van der Waals surface area contributed by atoms with Gasteiger partial charge in [0.1, 0.15) is 0 Å². The number of hydrogen-bond donors (Lipinski definition) is 0. The molecule has 1 saturated heterocycles. The molecule has 2 nitrogen and oxygen atoms in total. The third-order valence-corrected chi connectivity index (χ3v) is 4.77. The summed E-state index contributed by atoms with van der Waals surface area (Å²) in [7, 11) is 4.35. The van der Waals surface area contributed by atoms with Crippen LogP contribution in [0.1, 0.15) is 24.3 Å². The maximum atomic E-state index is 3.69. The highest BCUT2D eigenvalue weighted by molar-refractivity contribution is 9.09. The summed E-state index contributed by atoms with van der Waals surface area (Å²) in [4.78, 5) is 4.99. The van der Waals surface area contributed by atoms with E-state index in [2.05, 4.69) is 70.2 Å². The first kappa shape index (κ1) is 15.0. The van der Waals surface area contributed by atoms with Crippen LogP contribution in [0.25, 0.3) is 0 Å². The van der Waals surface area contributed by atoms with Gasteiger partial charge in [0.2, 0.25) is 0 Å². The highest BCUT2D eigenvalue weighted by atomic mass is 79.9. The van der Waals surface area contributed by atoms with E-state index < -0.39 is 0 Å². The number of hydrogen-bond acceptors (Lipinski definition) is 2. The van der Waals surface area contributed by atoms with Crippen LogP contribution in [0.2, 0.25) is 0 Å². The summed E-state index contributed by atoms with van der Waals surface area (Å²) in [6.45, 7) is 3.62. The van der Waals surface area contributed by atoms with Gasteiger partial charge in [-0.15, -0.1) is 0 Å². The molecule has 1 fully saturated rings.